The van der Waals surface area contributed by atoms with Crippen molar-refractivity contribution in [1.29, 1.82) is 0 Å². The summed E-state index contributed by atoms with van der Waals surface area (Å²) in [6.45, 7) is 2.53. The number of sulfonamides is 1. The molecule has 0 spiro atoms. The fourth-order valence-corrected chi connectivity index (χ4v) is 3.25. The molecule has 0 saturated carbocycles. The zero-order chi connectivity index (χ0) is 15.3. The fraction of sp³-hybridized carbons (Fsp3) is 0.267. The number of benzene rings is 1. The van der Waals surface area contributed by atoms with Gasteiger partial charge in [-0.2, -0.15) is 0 Å². The lowest BCUT2D eigenvalue weighted by Crippen LogP contribution is -2.15. The first-order chi connectivity index (χ1) is 9.98. The molecular weight excluding hydrogens is 286 g/mol. The van der Waals surface area contributed by atoms with Gasteiger partial charge in [-0.1, -0.05) is 24.3 Å². The molecule has 5 nitrogen and oxygen atoms in total. The van der Waals surface area contributed by atoms with E-state index in [9.17, 15) is 8.42 Å². The maximum Gasteiger partial charge on any atom is 0.236 e. The van der Waals surface area contributed by atoms with Crippen LogP contribution in [0.15, 0.2) is 42.6 Å². The molecule has 1 aromatic carbocycles. The van der Waals surface area contributed by atoms with Gasteiger partial charge in [-0.15, -0.1) is 0 Å². The minimum atomic E-state index is -3.43. The molecule has 0 amide bonds. The van der Waals surface area contributed by atoms with Gasteiger partial charge in [-0.3, -0.25) is 9.71 Å². The molecule has 0 bridgehead atoms. The number of aryl methyl sites for hydroxylation is 1. The van der Waals surface area contributed by atoms with Crippen molar-refractivity contribution in [1.82, 2.24) is 10.3 Å². The third-order valence-corrected chi connectivity index (χ3v) is 4.16. The number of hydrogen-bond acceptors (Lipinski definition) is 4. The van der Waals surface area contributed by atoms with E-state index in [4.69, 9.17) is 0 Å². The summed E-state index contributed by atoms with van der Waals surface area (Å²) in [6.07, 6.45) is 1.58. The van der Waals surface area contributed by atoms with Crippen LogP contribution in [-0.2, 0) is 22.3 Å². The SMILES string of the molecule is CNCc1cccc(CS(=O)(=O)Nc2ccnc(C)c2)c1. The lowest BCUT2D eigenvalue weighted by atomic mass is 10.1. The lowest BCUT2D eigenvalue weighted by Gasteiger charge is -2.09. The van der Waals surface area contributed by atoms with Crippen molar-refractivity contribution in [2.75, 3.05) is 11.8 Å². The number of aromatic nitrogens is 1. The van der Waals surface area contributed by atoms with E-state index >= 15 is 0 Å². The van der Waals surface area contributed by atoms with Gasteiger partial charge in [0.05, 0.1) is 11.4 Å². The van der Waals surface area contributed by atoms with Gasteiger partial charge in [0.15, 0.2) is 0 Å². The summed E-state index contributed by atoms with van der Waals surface area (Å²) in [5.74, 6) is -0.0497. The van der Waals surface area contributed by atoms with Crippen LogP contribution in [0.1, 0.15) is 16.8 Å². The number of hydrogen-bond donors (Lipinski definition) is 2. The summed E-state index contributed by atoms with van der Waals surface area (Å²) in [5.41, 5.74) is 3.13. The third-order valence-electron chi connectivity index (χ3n) is 2.90. The molecule has 1 heterocycles. The highest BCUT2D eigenvalue weighted by atomic mass is 32.2. The molecule has 2 rings (SSSR count). The van der Waals surface area contributed by atoms with Crippen molar-refractivity contribution in [2.45, 2.75) is 19.2 Å². The van der Waals surface area contributed by atoms with E-state index in [1.165, 1.54) is 0 Å². The zero-order valence-electron chi connectivity index (χ0n) is 12.1. The number of nitrogens with one attached hydrogen (secondary N) is 2. The van der Waals surface area contributed by atoms with Crippen molar-refractivity contribution in [3.8, 4) is 0 Å². The Hall–Kier alpha value is -1.92. The lowest BCUT2D eigenvalue weighted by molar-refractivity contribution is 0.600. The van der Waals surface area contributed by atoms with Crippen LogP contribution in [0.25, 0.3) is 0 Å². The third kappa shape index (κ3) is 4.84. The van der Waals surface area contributed by atoms with Crippen molar-refractivity contribution < 1.29 is 8.42 Å². The first-order valence-corrected chi connectivity index (χ1v) is 8.29. The van der Waals surface area contributed by atoms with E-state index in [0.29, 0.717) is 12.2 Å². The predicted octanol–water partition coefficient (Wildman–Crippen LogP) is 2.05. The smallest absolute Gasteiger partial charge is 0.236 e. The summed E-state index contributed by atoms with van der Waals surface area (Å²) in [4.78, 5) is 4.04. The van der Waals surface area contributed by atoms with Gasteiger partial charge in [0.1, 0.15) is 0 Å². The Bertz CT molecular complexity index is 714. The molecule has 0 unspecified atom stereocenters. The minimum Gasteiger partial charge on any atom is -0.316 e. The second-order valence-electron chi connectivity index (χ2n) is 4.90. The van der Waals surface area contributed by atoms with Crippen LogP contribution in [0.2, 0.25) is 0 Å². The maximum absolute atomic E-state index is 12.2. The number of anilines is 1. The summed E-state index contributed by atoms with van der Waals surface area (Å²) >= 11 is 0. The molecule has 112 valence electrons. The quantitative estimate of drug-likeness (QED) is 0.857. The molecule has 0 radical (unpaired) electrons. The average molecular weight is 305 g/mol. The molecule has 0 aliphatic heterocycles. The van der Waals surface area contributed by atoms with Crippen LogP contribution >= 0.6 is 0 Å². The topological polar surface area (TPSA) is 71.1 Å². The summed E-state index contributed by atoms with van der Waals surface area (Å²) in [5, 5.41) is 3.05. The minimum absolute atomic E-state index is 0.0497. The second-order valence-corrected chi connectivity index (χ2v) is 6.62. The van der Waals surface area contributed by atoms with E-state index in [1.807, 2.05) is 38.2 Å². The molecule has 21 heavy (non-hydrogen) atoms. The Balaban J connectivity index is 2.12. The molecule has 2 aromatic rings. The normalized spacial score (nSPS) is 11.3. The van der Waals surface area contributed by atoms with Gasteiger partial charge < -0.3 is 5.32 Å². The fourth-order valence-electron chi connectivity index (χ4n) is 2.08. The van der Waals surface area contributed by atoms with Crippen LogP contribution in [0.4, 0.5) is 5.69 Å². The van der Waals surface area contributed by atoms with Crippen LogP contribution in [0, 0.1) is 6.92 Å². The molecule has 0 saturated heterocycles. The number of pyridine rings is 1. The molecule has 0 aliphatic rings. The highest BCUT2D eigenvalue weighted by molar-refractivity contribution is 7.91. The van der Waals surface area contributed by atoms with E-state index in [1.54, 1.807) is 18.3 Å². The molecule has 0 atom stereocenters. The highest BCUT2D eigenvalue weighted by Gasteiger charge is 2.12. The Labute approximate surface area is 125 Å². The number of rotatable bonds is 6. The van der Waals surface area contributed by atoms with E-state index < -0.39 is 10.0 Å². The predicted molar refractivity (Wildman–Crippen MR) is 84.4 cm³/mol. The summed E-state index contributed by atoms with van der Waals surface area (Å²) < 4.78 is 27.0. The second kappa shape index (κ2) is 6.69. The van der Waals surface area contributed by atoms with Gasteiger partial charge >= 0.3 is 0 Å². The standard InChI is InChI=1S/C15H19N3O2S/c1-12-8-15(6-7-17-12)18-21(19,20)11-14-5-3-4-13(9-14)10-16-2/h3-9,16H,10-11H2,1-2H3,(H,17,18). The average Bonchev–Trinajstić information content (AvgIpc) is 2.38. The molecular formula is C15H19N3O2S. The molecule has 6 heteroatoms. The van der Waals surface area contributed by atoms with Crippen molar-refractivity contribution in [3.05, 3.63) is 59.4 Å². The van der Waals surface area contributed by atoms with Crippen LogP contribution in [0.3, 0.4) is 0 Å². The van der Waals surface area contributed by atoms with Crippen LogP contribution in [-0.4, -0.2) is 20.4 Å². The summed E-state index contributed by atoms with van der Waals surface area (Å²) in [6, 6.07) is 10.9. The Morgan fingerprint density at radius 1 is 1.14 bits per heavy atom. The van der Waals surface area contributed by atoms with Gasteiger partial charge in [0.25, 0.3) is 0 Å². The van der Waals surface area contributed by atoms with E-state index in [0.717, 1.165) is 16.8 Å². The van der Waals surface area contributed by atoms with Crippen LogP contribution < -0.4 is 10.0 Å². The van der Waals surface area contributed by atoms with Gasteiger partial charge in [0, 0.05) is 18.4 Å². The largest absolute Gasteiger partial charge is 0.316 e. The monoisotopic (exact) mass is 305 g/mol. The molecule has 1 aromatic heterocycles. The Morgan fingerprint density at radius 3 is 2.62 bits per heavy atom. The van der Waals surface area contributed by atoms with Crippen molar-refractivity contribution in [2.24, 2.45) is 0 Å². The van der Waals surface area contributed by atoms with Crippen molar-refractivity contribution in [3.63, 3.8) is 0 Å². The van der Waals surface area contributed by atoms with Crippen molar-refractivity contribution >= 4 is 15.7 Å². The van der Waals surface area contributed by atoms with Gasteiger partial charge in [-0.25, -0.2) is 8.42 Å². The Kier molecular flexibility index (Phi) is 4.93. The van der Waals surface area contributed by atoms with Gasteiger partial charge in [-0.05, 0) is 37.2 Å². The van der Waals surface area contributed by atoms with E-state index in [-0.39, 0.29) is 5.75 Å². The molecule has 0 fully saturated rings. The number of nitrogens with zero attached hydrogens (tertiary/aromatic N) is 1. The van der Waals surface area contributed by atoms with Gasteiger partial charge in [0.2, 0.25) is 10.0 Å². The first kappa shape index (κ1) is 15.5. The highest BCUT2D eigenvalue weighted by Crippen LogP contribution is 2.14. The zero-order valence-corrected chi connectivity index (χ0v) is 12.9. The molecule has 0 aliphatic carbocycles. The maximum atomic E-state index is 12.2. The molecule has 2 N–H and O–H groups in total. The first-order valence-electron chi connectivity index (χ1n) is 6.64. The van der Waals surface area contributed by atoms with E-state index in [2.05, 4.69) is 15.0 Å². The van der Waals surface area contributed by atoms with Crippen LogP contribution in [0.5, 0.6) is 0 Å². The Morgan fingerprint density at radius 2 is 1.90 bits per heavy atom. The summed E-state index contributed by atoms with van der Waals surface area (Å²) in [7, 11) is -1.58.